The molecule has 2 aromatic carbocycles. The van der Waals surface area contributed by atoms with Crippen LogP contribution in [0.1, 0.15) is 47.6 Å². The van der Waals surface area contributed by atoms with Gasteiger partial charge in [-0.15, -0.1) is 0 Å². The van der Waals surface area contributed by atoms with Crippen LogP contribution in [0.3, 0.4) is 0 Å². The van der Waals surface area contributed by atoms with Gasteiger partial charge in [0, 0.05) is 35.8 Å². The van der Waals surface area contributed by atoms with Crippen molar-refractivity contribution in [3.05, 3.63) is 63.4 Å². The Morgan fingerprint density at radius 2 is 2.13 bits per heavy atom. The fraction of sp³-hybridized carbons (Fsp3) is 0.348. The molecule has 2 aliphatic rings. The molecule has 2 bridgehead atoms. The number of nitrogens with zero attached hydrogens (tertiary/aromatic N) is 3. The van der Waals surface area contributed by atoms with E-state index < -0.39 is 0 Å². The number of rotatable bonds is 4. The zero-order valence-corrected chi connectivity index (χ0v) is 18.7. The zero-order chi connectivity index (χ0) is 21.5. The third-order valence-corrected chi connectivity index (χ3v) is 6.56. The average Bonchev–Trinajstić information content (AvgIpc) is 3.18. The van der Waals surface area contributed by atoms with Crippen LogP contribution in [-0.2, 0) is 0 Å². The van der Waals surface area contributed by atoms with Crippen molar-refractivity contribution in [1.82, 2.24) is 20.2 Å². The van der Waals surface area contributed by atoms with Gasteiger partial charge >= 0.3 is 0 Å². The highest BCUT2D eigenvalue weighted by Crippen LogP contribution is 2.28. The minimum Gasteiger partial charge on any atom is -0.356 e. The van der Waals surface area contributed by atoms with E-state index in [9.17, 15) is 4.79 Å². The number of carbonyl (C=O) groups is 1. The Morgan fingerprint density at radius 1 is 1.26 bits per heavy atom. The number of imidazole rings is 1. The van der Waals surface area contributed by atoms with Gasteiger partial charge in [-0.25, -0.2) is 4.98 Å². The Morgan fingerprint density at radius 3 is 2.97 bits per heavy atom. The van der Waals surface area contributed by atoms with Crippen molar-refractivity contribution in [1.29, 1.82) is 0 Å². The number of amidine groups is 1. The zero-order valence-electron chi connectivity index (χ0n) is 17.2. The van der Waals surface area contributed by atoms with Crippen LogP contribution in [0.25, 0.3) is 11.0 Å². The largest absolute Gasteiger partial charge is 0.356 e. The van der Waals surface area contributed by atoms with Crippen molar-refractivity contribution < 1.29 is 4.79 Å². The number of hydrogen-bond acceptors (Lipinski definition) is 4. The molecular weight excluding hydrogens is 433 g/mol. The summed E-state index contributed by atoms with van der Waals surface area (Å²) in [6, 6.07) is 10.6. The van der Waals surface area contributed by atoms with Crippen molar-refractivity contribution in [3.8, 4) is 0 Å². The van der Waals surface area contributed by atoms with Gasteiger partial charge in [-0.05, 0) is 62.1 Å². The number of aromatic amines is 1. The van der Waals surface area contributed by atoms with Crippen LogP contribution in [0.5, 0.6) is 0 Å². The fourth-order valence-corrected chi connectivity index (χ4v) is 4.81. The molecule has 1 fully saturated rings. The molecule has 2 N–H and O–H groups in total. The Hall–Kier alpha value is -2.57. The maximum atomic E-state index is 12.8. The predicted molar refractivity (Wildman–Crippen MR) is 124 cm³/mol. The summed E-state index contributed by atoms with van der Waals surface area (Å²) in [5.74, 6) is 2.06. The monoisotopic (exact) mass is 455 g/mol. The molecule has 0 aliphatic carbocycles. The molecule has 8 heteroatoms. The van der Waals surface area contributed by atoms with Crippen LogP contribution in [0.4, 0.5) is 0 Å². The Bertz CT molecular complexity index is 1190. The second-order valence-corrected chi connectivity index (χ2v) is 9.14. The molecule has 2 aliphatic heterocycles. The maximum absolute atomic E-state index is 12.8. The lowest BCUT2D eigenvalue weighted by atomic mass is 9.95. The van der Waals surface area contributed by atoms with E-state index in [2.05, 4.69) is 20.2 Å². The summed E-state index contributed by atoms with van der Waals surface area (Å²) in [7, 11) is 0. The molecule has 31 heavy (non-hydrogen) atoms. The van der Waals surface area contributed by atoms with Crippen molar-refractivity contribution in [2.75, 3.05) is 19.6 Å². The third-order valence-electron chi connectivity index (χ3n) is 6.01. The summed E-state index contributed by atoms with van der Waals surface area (Å²) >= 11 is 12.6. The normalized spacial score (nSPS) is 19.3. The third kappa shape index (κ3) is 4.02. The molecule has 2 unspecified atom stereocenters. The van der Waals surface area contributed by atoms with Crippen molar-refractivity contribution >= 4 is 46.0 Å². The predicted octanol–water partition coefficient (Wildman–Crippen LogP) is 4.83. The number of carbonyl (C=O) groups excluding carboxylic acids is 1. The molecule has 160 valence electrons. The number of piperidine rings is 1. The molecule has 0 saturated carbocycles. The number of benzene rings is 2. The maximum Gasteiger partial charge on any atom is 0.251 e. The summed E-state index contributed by atoms with van der Waals surface area (Å²) < 4.78 is 0. The topological polar surface area (TPSA) is 73.4 Å². The summed E-state index contributed by atoms with van der Waals surface area (Å²) in [5.41, 5.74) is 3.04. The standard InChI is InChI=1S/C23H23Cl2N5O/c1-13(21-28-19-7-5-16(24)10-20(19)29-21)27-23(31)15-4-6-17(18(25)9-15)22-26-11-14-3-2-8-30(22)12-14/h4-7,9-10,13-14H,2-3,8,11-12H2,1H3,(H,27,31)(H,28,29). The smallest absolute Gasteiger partial charge is 0.251 e. The van der Waals surface area contributed by atoms with Gasteiger partial charge in [-0.2, -0.15) is 0 Å². The first-order valence-corrected chi connectivity index (χ1v) is 11.3. The van der Waals surface area contributed by atoms with Crippen LogP contribution >= 0.6 is 23.2 Å². The van der Waals surface area contributed by atoms with Crippen molar-refractivity contribution in [2.45, 2.75) is 25.8 Å². The van der Waals surface area contributed by atoms with E-state index in [0.717, 1.165) is 42.1 Å². The minimum absolute atomic E-state index is 0.206. The van der Waals surface area contributed by atoms with Gasteiger partial charge in [0.15, 0.2) is 0 Å². The summed E-state index contributed by atoms with van der Waals surface area (Å²) in [6.45, 7) is 4.78. The molecule has 3 heterocycles. The van der Waals surface area contributed by atoms with Gasteiger partial charge in [0.1, 0.15) is 11.7 Å². The number of fused-ring (bicyclic) bond motifs is 3. The first kappa shape index (κ1) is 20.3. The van der Waals surface area contributed by atoms with E-state index in [4.69, 9.17) is 28.2 Å². The van der Waals surface area contributed by atoms with E-state index in [0.29, 0.717) is 27.4 Å². The highest BCUT2D eigenvalue weighted by Gasteiger charge is 2.28. The molecule has 1 saturated heterocycles. The van der Waals surface area contributed by atoms with Crippen LogP contribution in [0.15, 0.2) is 41.4 Å². The van der Waals surface area contributed by atoms with Crippen molar-refractivity contribution in [2.24, 2.45) is 10.9 Å². The van der Waals surface area contributed by atoms with Crippen molar-refractivity contribution in [3.63, 3.8) is 0 Å². The van der Waals surface area contributed by atoms with Gasteiger partial charge in [-0.3, -0.25) is 9.79 Å². The van der Waals surface area contributed by atoms with E-state index in [1.54, 1.807) is 18.2 Å². The molecular formula is C23H23Cl2N5O. The first-order valence-electron chi connectivity index (χ1n) is 10.5. The minimum atomic E-state index is -0.301. The highest BCUT2D eigenvalue weighted by molar-refractivity contribution is 6.34. The highest BCUT2D eigenvalue weighted by atomic mass is 35.5. The van der Waals surface area contributed by atoms with Gasteiger partial charge in [0.05, 0.1) is 22.1 Å². The lowest BCUT2D eigenvalue weighted by Crippen LogP contribution is -2.45. The number of amides is 1. The van der Waals surface area contributed by atoms with Crippen LogP contribution in [0, 0.1) is 5.92 Å². The number of aromatic nitrogens is 2. The molecule has 1 amide bonds. The van der Waals surface area contributed by atoms with Crippen LogP contribution in [0.2, 0.25) is 10.0 Å². The molecule has 3 aromatic rings. The van der Waals surface area contributed by atoms with Crippen LogP contribution < -0.4 is 5.32 Å². The lowest BCUT2D eigenvalue weighted by molar-refractivity contribution is 0.0938. The lowest BCUT2D eigenvalue weighted by Gasteiger charge is -2.38. The van der Waals surface area contributed by atoms with E-state index in [-0.39, 0.29) is 11.9 Å². The van der Waals surface area contributed by atoms with E-state index >= 15 is 0 Å². The Balaban J connectivity index is 1.33. The molecule has 0 spiro atoms. The molecule has 6 nitrogen and oxygen atoms in total. The Labute approximate surface area is 190 Å². The fourth-order valence-electron chi connectivity index (χ4n) is 4.37. The van der Waals surface area contributed by atoms with Gasteiger partial charge in [-0.1, -0.05) is 23.2 Å². The number of halogens is 2. The summed E-state index contributed by atoms with van der Waals surface area (Å²) in [4.78, 5) is 27.7. The van der Waals surface area contributed by atoms with Gasteiger partial charge in [0.2, 0.25) is 0 Å². The van der Waals surface area contributed by atoms with Gasteiger partial charge in [0.25, 0.3) is 5.91 Å². The van der Waals surface area contributed by atoms with Crippen LogP contribution in [-0.4, -0.2) is 46.2 Å². The molecule has 2 atom stereocenters. The number of hydrogen-bond donors (Lipinski definition) is 2. The van der Waals surface area contributed by atoms with E-state index in [1.807, 2.05) is 25.1 Å². The summed E-state index contributed by atoms with van der Waals surface area (Å²) in [6.07, 6.45) is 2.43. The molecule has 1 aromatic heterocycles. The quantitative estimate of drug-likeness (QED) is 0.591. The number of aliphatic imine (C=N–C) groups is 1. The second-order valence-electron chi connectivity index (χ2n) is 8.29. The molecule has 0 radical (unpaired) electrons. The van der Waals surface area contributed by atoms with Gasteiger partial charge < -0.3 is 15.2 Å². The second kappa shape index (κ2) is 8.17. The number of H-pyrrole nitrogens is 1. The average molecular weight is 456 g/mol. The van der Waals surface area contributed by atoms with E-state index in [1.165, 1.54) is 12.8 Å². The Kier molecular flexibility index (Phi) is 5.36. The SMILES string of the molecule is CC(NC(=O)c1ccc(C2=NCC3CCCN2C3)c(Cl)c1)c1nc2ccc(Cl)cc2[nH]1. The first-order chi connectivity index (χ1) is 15.0. The number of nitrogens with one attached hydrogen (secondary N) is 2. The molecule has 5 rings (SSSR count). The summed E-state index contributed by atoms with van der Waals surface area (Å²) in [5, 5.41) is 4.16.